The molecule has 0 radical (unpaired) electrons. The van der Waals surface area contributed by atoms with Gasteiger partial charge in [0.05, 0.1) is 0 Å². The van der Waals surface area contributed by atoms with Gasteiger partial charge in [-0.1, -0.05) is 57.7 Å². The molecule has 1 heterocycles. The number of hydrogen-bond acceptors (Lipinski definition) is 0. The Morgan fingerprint density at radius 2 is 1.94 bits per heavy atom. The number of rotatable bonds is 6. The third kappa shape index (κ3) is 3.12. The Morgan fingerprint density at radius 1 is 1.12 bits per heavy atom. The first-order valence-corrected chi connectivity index (χ1v) is 6.89. The van der Waals surface area contributed by atoms with Gasteiger partial charge in [-0.05, 0) is 29.9 Å². The zero-order valence-electron chi connectivity index (χ0n) is 11.0. The van der Waals surface area contributed by atoms with E-state index in [2.05, 4.69) is 49.2 Å². The van der Waals surface area contributed by atoms with Crippen LogP contribution in [0.1, 0.15) is 57.6 Å². The normalized spacial score (nSPS) is 13.1. The summed E-state index contributed by atoms with van der Waals surface area (Å²) in [5.41, 5.74) is 2.66. The maximum atomic E-state index is 3.54. The lowest BCUT2D eigenvalue weighted by molar-refractivity contribution is 0.574. The molecule has 2 aromatic rings. The van der Waals surface area contributed by atoms with Crippen LogP contribution in [-0.4, -0.2) is 4.98 Å². The standard InChI is InChI=1S/C16H23N/c1-3-4-5-6-9-13(2)16-12-14-10-7-8-11-15(14)17-16/h7-8,10-13,17H,3-6,9H2,1-2H3. The highest BCUT2D eigenvalue weighted by Crippen LogP contribution is 2.25. The molecule has 17 heavy (non-hydrogen) atoms. The van der Waals surface area contributed by atoms with Crippen LogP contribution >= 0.6 is 0 Å². The van der Waals surface area contributed by atoms with Crippen LogP contribution in [0, 0.1) is 0 Å². The number of H-pyrrole nitrogens is 1. The third-order valence-corrected chi connectivity index (χ3v) is 3.57. The number of para-hydroxylation sites is 1. The molecule has 0 saturated carbocycles. The summed E-state index contributed by atoms with van der Waals surface area (Å²) in [4.78, 5) is 3.54. The van der Waals surface area contributed by atoms with Crippen molar-refractivity contribution in [2.45, 2.75) is 51.9 Å². The van der Waals surface area contributed by atoms with Crippen LogP contribution in [0.15, 0.2) is 30.3 Å². The van der Waals surface area contributed by atoms with Crippen molar-refractivity contribution in [3.63, 3.8) is 0 Å². The predicted octanol–water partition coefficient (Wildman–Crippen LogP) is 5.24. The van der Waals surface area contributed by atoms with Crippen molar-refractivity contribution in [2.24, 2.45) is 0 Å². The summed E-state index contributed by atoms with van der Waals surface area (Å²) >= 11 is 0. The number of hydrogen-bond donors (Lipinski definition) is 1. The van der Waals surface area contributed by atoms with Crippen LogP contribution in [0.4, 0.5) is 0 Å². The number of unbranched alkanes of at least 4 members (excludes halogenated alkanes) is 3. The van der Waals surface area contributed by atoms with Gasteiger partial charge in [0.1, 0.15) is 0 Å². The van der Waals surface area contributed by atoms with Crippen LogP contribution in [0.5, 0.6) is 0 Å². The Kier molecular flexibility index (Phi) is 4.24. The maximum Gasteiger partial charge on any atom is 0.0456 e. The molecular weight excluding hydrogens is 206 g/mol. The lowest BCUT2D eigenvalue weighted by atomic mass is 9.99. The maximum absolute atomic E-state index is 3.54. The first-order valence-electron chi connectivity index (χ1n) is 6.89. The van der Waals surface area contributed by atoms with E-state index in [1.165, 1.54) is 48.7 Å². The lowest BCUT2D eigenvalue weighted by Crippen LogP contribution is -1.93. The second-order valence-electron chi connectivity index (χ2n) is 5.06. The fourth-order valence-corrected chi connectivity index (χ4v) is 2.39. The van der Waals surface area contributed by atoms with Crippen LogP contribution in [0.25, 0.3) is 10.9 Å². The van der Waals surface area contributed by atoms with Crippen molar-refractivity contribution in [1.82, 2.24) is 4.98 Å². The summed E-state index contributed by atoms with van der Waals surface area (Å²) < 4.78 is 0. The summed E-state index contributed by atoms with van der Waals surface area (Å²) in [6, 6.07) is 10.8. The van der Waals surface area contributed by atoms with E-state index >= 15 is 0 Å². The molecule has 0 spiro atoms. The third-order valence-electron chi connectivity index (χ3n) is 3.57. The van der Waals surface area contributed by atoms with Crippen LogP contribution in [0.2, 0.25) is 0 Å². The average Bonchev–Trinajstić information content (AvgIpc) is 2.78. The second-order valence-corrected chi connectivity index (χ2v) is 5.06. The van der Waals surface area contributed by atoms with E-state index in [-0.39, 0.29) is 0 Å². The fourth-order valence-electron chi connectivity index (χ4n) is 2.39. The highest BCUT2D eigenvalue weighted by Gasteiger charge is 2.08. The minimum atomic E-state index is 0.652. The van der Waals surface area contributed by atoms with Crippen LogP contribution in [-0.2, 0) is 0 Å². The van der Waals surface area contributed by atoms with E-state index in [1.807, 2.05) is 0 Å². The molecule has 92 valence electrons. The number of aromatic nitrogens is 1. The summed E-state index contributed by atoms with van der Waals surface area (Å²) in [6.07, 6.45) is 6.72. The van der Waals surface area contributed by atoms with Crippen molar-refractivity contribution < 1.29 is 0 Å². The minimum absolute atomic E-state index is 0.652. The van der Waals surface area contributed by atoms with Gasteiger partial charge < -0.3 is 4.98 Å². The van der Waals surface area contributed by atoms with Crippen LogP contribution in [0.3, 0.4) is 0 Å². The molecule has 1 atom stereocenters. The minimum Gasteiger partial charge on any atom is -0.358 e. The molecule has 0 bridgehead atoms. The highest BCUT2D eigenvalue weighted by atomic mass is 14.7. The van der Waals surface area contributed by atoms with E-state index in [9.17, 15) is 0 Å². The molecule has 1 aromatic carbocycles. The molecule has 0 saturated heterocycles. The van der Waals surface area contributed by atoms with Crippen molar-refractivity contribution in [3.8, 4) is 0 Å². The quantitative estimate of drug-likeness (QED) is 0.652. The molecule has 0 aliphatic carbocycles. The summed E-state index contributed by atoms with van der Waals surface area (Å²) in [7, 11) is 0. The molecule has 0 fully saturated rings. The Labute approximate surface area is 104 Å². The van der Waals surface area contributed by atoms with Crippen LogP contribution < -0.4 is 0 Å². The molecule has 1 unspecified atom stereocenters. The van der Waals surface area contributed by atoms with E-state index in [0.717, 1.165) is 0 Å². The summed E-state index contributed by atoms with van der Waals surface area (Å²) in [5.74, 6) is 0.652. The number of nitrogens with one attached hydrogen (secondary N) is 1. The molecule has 1 N–H and O–H groups in total. The summed E-state index contributed by atoms with van der Waals surface area (Å²) in [5, 5.41) is 1.34. The van der Waals surface area contributed by atoms with Gasteiger partial charge in [0.15, 0.2) is 0 Å². The largest absolute Gasteiger partial charge is 0.358 e. The van der Waals surface area contributed by atoms with Gasteiger partial charge in [-0.15, -0.1) is 0 Å². The topological polar surface area (TPSA) is 15.8 Å². The number of benzene rings is 1. The van der Waals surface area contributed by atoms with Gasteiger partial charge in [0.25, 0.3) is 0 Å². The SMILES string of the molecule is CCCCCCC(C)c1cc2ccccc2[nH]1. The molecule has 1 nitrogen and oxygen atoms in total. The van der Waals surface area contributed by atoms with Gasteiger partial charge >= 0.3 is 0 Å². The van der Waals surface area contributed by atoms with E-state index in [1.54, 1.807) is 0 Å². The molecular formula is C16H23N. The predicted molar refractivity (Wildman–Crippen MR) is 75.5 cm³/mol. The lowest BCUT2D eigenvalue weighted by Gasteiger charge is -2.08. The number of aromatic amines is 1. The van der Waals surface area contributed by atoms with Gasteiger partial charge in [0, 0.05) is 11.2 Å². The van der Waals surface area contributed by atoms with Gasteiger partial charge in [-0.2, -0.15) is 0 Å². The van der Waals surface area contributed by atoms with E-state index < -0.39 is 0 Å². The summed E-state index contributed by atoms with van der Waals surface area (Å²) in [6.45, 7) is 4.60. The average molecular weight is 229 g/mol. The molecule has 2 rings (SSSR count). The smallest absolute Gasteiger partial charge is 0.0456 e. The van der Waals surface area contributed by atoms with Crippen molar-refractivity contribution in [1.29, 1.82) is 0 Å². The number of fused-ring (bicyclic) bond motifs is 1. The first kappa shape index (κ1) is 12.2. The Hall–Kier alpha value is -1.24. The van der Waals surface area contributed by atoms with Gasteiger partial charge in [-0.3, -0.25) is 0 Å². The highest BCUT2D eigenvalue weighted by molar-refractivity contribution is 5.80. The Bertz CT molecular complexity index is 422. The second kappa shape index (κ2) is 5.90. The van der Waals surface area contributed by atoms with E-state index in [4.69, 9.17) is 0 Å². The molecule has 1 heteroatoms. The zero-order chi connectivity index (χ0) is 12.1. The Balaban J connectivity index is 1.96. The van der Waals surface area contributed by atoms with Crippen molar-refractivity contribution in [2.75, 3.05) is 0 Å². The van der Waals surface area contributed by atoms with E-state index in [0.29, 0.717) is 5.92 Å². The van der Waals surface area contributed by atoms with Gasteiger partial charge in [0.2, 0.25) is 0 Å². The zero-order valence-corrected chi connectivity index (χ0v) is 11.0. The van der Waals surface area contributed by atoms with Gasteiger partial charge in [-0.25, -0.2) is 0 Å². The fraction of sp³-hybridized carbons (Fsp3) is 0.500. The van der Waals surface area contributed by atoms with Crippen molar-refractivity contribution >= 4 is 10.9 Å². The van der Waals surface area contributed by atoms with Crippen molar-refractivity contribution in [3.05, 3.63) is 36.0 Å². The monoisotopic (exact) mass is 229 g/mol. The molecule has 0 aliphatic heterocycles. The molecule has 0 aliphatic rings. The first-order chi connectivity index (χ1) is 8.31. The molecule has 1 aromatic heterocycles. The molecule has 0 amide bonds. The Morgan fingerprint density at radius 3 is 2.71 bits per heavy atom.